The quantitative estimate of drug-likeness (QED) is 0.625. The Bertz CT molecular complexity index is 1280. The number of fused-ring (bicyclic) bond motifs is 1. The van der Waals surface area contributed by atoms with E-state index < -0.39 is 16.1 Å². The maximum atomic E-state index is 13.1. The van der Waals surface area contributed by atoms with Gasteiger partial charge < -0.3 is 15.3 Å². The number of rotatable bonds is 5. The van der Waals surface area contributed by atoms with Gasteiger partial charge in [0.15, 0.2) is 5.65 Å². The highest BCUT2D eigenvalue weighted by molar-refractivity contribution is 7.90. The monoisotopic (exact) mass is 439 g/mol. The van der Waals surface area contributed by atoms with Crippen molar-refractivity contribution in [3.8, 4) is 6.07 Å². The molecule has 160 valence electrons. The van der Waals surface area contributed by atoms with Crippen molar-refractivity contribution >= 4 is 32.8 Å². The van der Waals surface area contributed by atoms with Crippen LogP contribution in [0.4, 0.5) is 10.5 Å². The minimum Gasteiger partial charge on any atom is -0.465 e. The van der Waals surface area contributed by atoms with Crippen LogP contribution in [-0.2, 0) is 10.0 Å². The SMILES string of the molecule is CCC1CN(C(=O)O)CC1Nc1c(C#N)cnc2c1ccn2S(=O)(=O)c1ccccc1. The normalized spacial score (nSPS) is 18.8. The molecule has 31 heavy (non-hydrogen) atoms. The standard InChI is InChI=1S/C21H21N5O4S/c1-2-14-12-25(21(27)28)13-18(14)24-19-15(10-22)11-23-20-17(19)8-9-26(20)31(29,30)16-6-4-3-5-7-16/h3-9,11,14,18H,2,12-13H2,1H3,(H,23,24)(H,27,28). The van der Waals surface area contributed by atoms with Gasteiger partial charge in [-0.1, -0.05) is 25.1 Å². The summed E-state index contributed by atoms with van der Waals surface area (Å²) in [6.07, 6.45) is 2.54. The summed E-state index contributed by atoms with van der Waals surface area (Å²) in [4.78, 5) is 17.1. The Morgan fingerprint density at radius 1 is 1.29 bits per heavy atom. The number of hydrogen-bond donors (Lipinski definition) is 2. The largest absolute Gasteiger partial charge is 0.465 e. The Balaban J connectivity index is 1.78. The van der Waals surface area contributed by atoms with Gasteiger partial charge in [0.25, 0.3) is 10.0 Å². The van der Waals surface area contributed by atoms with E-state index in [2.05, 4.69) is 16.4 Å². The van der Waals surface area contributed by atoms with Gasteiger partial charge >= 0.3 is 6.09 Å². The summed E-state index contributed by atoms with van der Waals surface area (Å²) in [5.41, 5.74) is 0.933. The average molecular weight is 439 g/mol. The van der Waals surface area contributed by atoms with Crippen LogP contribution in [0.1, 0.15) is 18.9 Å². The first kappa shape index (κ1) is 20.7. The van der Waals surface area contributed by atoms with E-state index in [1.54, 1.807) is 24.3 Å². The van der Waals surface area contributed by atoms with Gasteiger partial charge in [-0.25, -0.2) is 22.2 Å². The Morgan fingerprint density at radius 3 is 2.68 bits per heavy atom. The number of nitrogens with one attached hydrogen (secondary N) is 1. The molecule has 1 fully saturated rings. The van der Waals surface area contributed by atoms with Gasteiger partial charge in [0.05, 0.1) is 16.1 Å². The second-order valence-electron chi connectivity index (χ2n) is 7.43. The van der Waals surface area contributed by atoms with Gasteiger partial charge in [-0.2, -0.15) is 5.26 Å². The predicted octanol–water partition coefficient (Wildman–Crippen LogP) is 2.95. The highest BCUT2D eigenvalue weighted by Crippen LogP contribution is 2.32. The van der Waals surface area contributed by atoms with Gasteiger partial charge in [-0.3, -0.25) is 0 Å². The third-order valence-electron chi connectivity index (χ3n) is 5.67. The molecule has 1 aliphatic heterocycles. The van der Waals surface area contributed by atoms with Crippen LogP contribution in [0.25, 0.3) is 11.0 Å². The smallest absolute Gasteiger partial charge is 0.407 e. The lowest BCUT2D eigenvalue weighted by molar-refractivity contribution is 0.154. The van der Waals surface area contributed by atoms with E-state index in [9.17, 15) is 23.6 Å². The van der Waals surface area contributed by atoms with Gasteiger partial charge in [-0.05, 0) is 30.5 Å². The molecule has 0 bridgehead atoms. The van der Waals surface area contributed by atoms with Crippen molar-refractivity contribution in [2.75, 3.05) is 18.4 Å². The fourth-order valence-electron chi connectivity index (χ4n) is 3.99. The Hall–Kier alpha value is -3.58. The predicted molar refractivity (Wildman–Crippen MR) is 114 cm³/mol. The van der Waals surface area contributed by atoms with Crippen molar-refractivity contribution < 1.29 is 18.3 Å². The van der Waals surface area contributed by atoms with Crippen molar-refractivity contribution in [2.45, 2.75) is 24.3 Å². The van der Waals surface area contributed by atoms with E-state index in [-0.39, 0.29) is 34.6 Å². The molecular formula is C21H21N5O4S. The van der Waals surface area contributed by atoms with Gasteiger partial charge in [-0.15, -0.1) is 0 Å². The van der Waals surface area contributed by atoms with Crippen LogP contribution in [0.2, 0.25) is 0 Å². The molecule has 10 heteroatoms. The van der Waals surface area contributed by atoms with Crippen LogP contribution in [-0.4, -0.2) is 52.6 Å². The fraction of sp³-hybridized carbons (Fsp3) is 0.286. The number of pyridine rings is 1. The Kier molecular flexibility index (Phi) is 5.29. The summed E-state index contributed by atoms with van der Waals surface area (Å²) in [5, 5.41) is 22.8. The number of nitrogens with zero attached hydrogens (tertiary/aromatic N) is 4. The van der Waals surface area contributed by atoms with Crippen LogP contribution < -0.4 is 5.32 Å². The number of amides is 1. The average Bonchev–Trinajstić information content (AvgIpc) is 3.39. The molecule has 0 saturated carbocycles. The summed E-state index contributed by atoms with van der Waals surface area (Å²) >= 11 is 0. The maximum Gasteiger partial charge on any atom is 0.407 e. The van der Waals surface area contributed by atoms with Gasteiger partial charge in [0.2, 0.25) is 0 Å². The van der Waals surface area contributed by atoms with E-state index in [0.29, 0.717) is 17.6 Å². The topological polar surface area (TPSA) is 128 Å². The summed E-state index contributed by atoms with van der Waals surface area (Å²) in [6.45, 7) is 2.68. The molecular weight excluding hydrogens is 418 g/mol. The van der Waals surface area contributed by atoms with Crippen LogP contribution >= 0.6 is 0 Å². The Labute approximate surface area is 179 Å². The number of carbonyl (C=O) groups is 1. The van der Waals surface area contributed by atoms with E-state index >= 15 is 0 Å². The number of aromatic nitrogens is 2. The van der Waals surface area contributed by atoms with Crippen molar-refractivity contribution in [3.05, 3.63) is 54.4 Å². The number of hydrogen-bond acceptors (Lipinski definition) is 6. The molecule has 0 radical (unpaired) electrons. The first-order valence-electron chi connectivity index (χ1n) is 9.82. The van der Waals surface area contributed by atoms with Gasteiger partial charge in [0, 0.05) is 36.9 Å². The molecule has 3 aromatic rings. The first-order chi connectivity index (χ1) is 14.9. The van der Waals surface area contributed by atoms with Crippen LogP contribution in [0.15, 0.2) is 53.7 Å². The molecule has 0 aliphatic carbocycles. The lowest BCUT2D eigenvalue weighted by atomic mass is 10.00. The van der Waals surface area contributed by atoms with E-state index in [1.807, 2.05) is 6.92 Å². The Morgan fingerprint density at radius 2 is 2.03 bits per heavy atom. The molecule has 1 aromatic carbocycles. The third kappa shape index (κ3) is 3.57. The highest BCUT2D eigenvalue weighted by atomic mass is 32.2. The van der Waals surface area contributed by atoms with E-state index in [0.717, 1.165) is 10.4 Å². The zero-order valence-corrected chi connectivity index (χ0v) is 17.6. The molecule has 2 N–H and O–H groups in total. The molecule has 2 unspecified atom stereocenters. The molecule has 0 spiro atoms. The molecule has 1 aliphatic rings. The lowest BCUT2D eigenvalue weighted by Crippen LogP contribution is -2.31. The zero-order valence-electron chi connectivity index (χ0n) is 16.8. The first-order valence-corrected chi connectivity index (χ1v) is 11.3. The number of carboxylic acid groups (broad SMARTS) is 1. The van der Waals surface area contributed by atoms with Crippen molar-refractivity contribution in [1.82, 2.24) is 13.9 Å². The lowest BCUT2D eigenvalue weighted by Gasteiger charge is -2.20. The third-order valence-corrected chi connectivity index (χ3v) is 7.35. The van der Waals surface area contributed by atoms with E-state index in [1.165, 1.54) is 29.4 Å². The molecule has 9 nitrogen and oxygen atoms in total. The minimum absolute atomic E-state index is 0.0704. The van der Waals surface area contributed by atoms with Crippen LogP contribution in [0.5, 0.6) is 0 Å². The molecule has 2 aromatic heterocycles. The molecule has 3 heterocycles. The summed E-state index contributed by atoms with van der Waals surface area (Å²) in [6, 6.07) is 11.5. The van der Waals surface area contributed by atoms with Crippen molar-refractivity contribution in [1.29, 1.82) is 5.26 Å². The summed E-state index contributed by atoms with van der Waals surface area (Å²) < 4.78 is 27.3. The number of benzene rings is 1. The van der Waals surface area contributed by atoms with Gasteiger partial charge in [0.1, 0.15) is 6.07 Å². The molecule has 1 amide bonds. The van der Waals surface area contributed by atoms with Crippen molar-refractivity contribution in [3.63, 3.8) is 0 Å². The fourth-order valence-corrected chi connectivity index (χ4v) is 5.32. The van der Waals surface area contributed by atoms with Crippen molar-refractivity contribution in [2.24, 2.45) is 5.92 Å². The molecule has 1 saturated heterocycles. The zero-order chi connectivity index (χ0) is 22.2. The number of nitriles is 1. The molecule has 2 atom stereocenters. The number of likely N-dealkylation sites (tertiary alicyclic amines) is 1. The molecule has 4 rings (SSSR count). The summed E-state index contributed by atoms with van der Waals surface area (Å²) in [7, 11) is -3.86. The second-order valence-corrected chi connectivity index (χ2v) is 9.25. The maximum absolute atomic E-state index is 13.1. The van der Waals surface area contributed by atoms with Crippen LogP contribution in [0, 0.1) is 17.2 Å². The number of anilines is 1. The van der Waals surface area contributed by atoms with Crippen LogP contribution in [0.3, 0.4) is 0 Å². The highest BCUT2D eigenvalue weighted by Gasteiger charge is 2.35. The van der Waals surface area contributed by atoms with E-state index in [4.69, 9.17) is 0 Å². The second kappa shape index (κ2) is 7.92. The summed E-state index contributed by atoms with van der Waals surface area (Å²) in [5.74, 6) is 0.0704. The minimum atomic E-state index is -3.86.